The Bertz CT molecular complexity index is 947. The van der Waals surface area contributed by atoms with Crippen LogP contribution in [0.3, 0.4) is 0 Å². The molecule has 0 bridgehead atoms. The number of nitro benzene ring substituents is 1. The summed E-state index contributed by atoms with van der Waals surface area (Å²) in [6.45, 7) is 0.591. The number of nitro groups is 1. The molecule has 0 aromatic heterocycles. The lowest BCUT2D eigenvalue weighted by atomic mass is 10.2. The fourth-order valence-electron chi connectivity index (χ4n) is 2.72. The Balaban J connectivity index is 1.84. The topological polar surface area (TPSA) is 125 Å². The average Bonchev–Trinajstić information content (AvgIpc) is 2.60. The second kappa shape index (κ2) is 6.81. The van der Waals surface area contributed by atoms with Crippen molar-refractivity contribution in [1.29, 1.82) is 0 Å². The number of non-ortho nitro benzene ring substituents is 1. The summed E-state index contributed by atoms with van der Waals surface area (Å²) in [5.74, 6) is 1.25. The Kier molecular flexibility index (Phi) is 4.70. The highest BCUT2D eigenvalue weighted by molar-refractivity contribution is 7.89. The predicted octanol–water partition coefficient (Wildman–Crippen LogP) is 1.52. The van der Waals surface area contributed by atoms with E-state index in [-0.39, 0.29) is 22.4 Å². The second-order valence-electron chi connectivity index (χ2n) is 5.83. The van der Waals surface area contributed by atoms with Crippen molar-refractivity contribution >= 4 is 21.4 Å². The van der Waals surface area contributed by atoms with E-state index >= 15 is 0 Å². The molecule has 1 aliphatic heterocycles. The number of nitrogens with two attached hydrogens (primary N) is 1. The summed E-state index contributed by atoms with van der Waals surface area (Å²) in [5, 5.41) is 16.1. The van der Waals surface area contributed by atoms with Crippen LogP contribution in [0.15, 0.2) is 47.4 Å². The highest BCUT2D eigenvalue weighted by Crippen LogP contribution is 2.32. The average molecular weight is 379 g/mol. The summed E-state index contributed by atoms with van der Waals surface area (Å²) in [4.78, 5) is 11.5. The van der Waals surface area contributed by atoms with E-state index in [1.807, 2.05) is 12.1 Å². The molecule has 10 heteroatoms. The maximum Gasteiger partial charge on any atom is 0.270 e. The summed E-state index contributed by atoms with van der Waals surface area (Å²) in [5.41, 5.74) is -0.0992. The first-order valence-corrected chi connectivity index (χ1v) is 9.21. The molecule has 1 heterocycles. The number of anilines is 1. The van der Waals surface area contributed by atoms with Crippen LogP contribution in [0.25, 0.3) is 0 Å². The first-order chi connectivity index (χ1) is 12.3. The van der Waals surface area contributed by atoms with Gasteiger partial charge in [0, 0.05) is 19.2 Å². The highest BCUT2D eigenvalue weighted by Gasteiger charge is 2.26. The van der Waals surface area contributed by atoms with E-state index in [9.17, 15) is 18.5 Å². The van der Waals surface area contributed by atoms with Gasteiger partial charge >= 0.3 is 0 Å². The fourth-order valence-corrected chi connectivity index (χ4v) is 3.52. The van der Waals surface area contributed by atoms with Gasteiger partial charge in [-0.25, -0.2) is 13.6 Å². The Morgan fingerprint density at radius 3 is 2.62 bits per heavy atom. The van der Waals surface area contributed by atoms with Gasteiger partial charge in [0.1, 0.15) is 11.5 Å². The van der Waals surface area contributed by atoms with E-state index in [0.717, 1.165) is 6.07 Å². The number of ether oxygens (including phenoxy) is 2. The Morgan fingerprint density at radius 1 is 1.27 bits per heavy atom. The lowest BCUT2D eigenvalue weighted by Gasteiger charge is -2.31. The maximum atomic E-state index is 11.9. The van der Waals surface area contributed by atoms with Gasteiger partial charge in [-0.05, 0) is 18.2 Å². The van der Waals surface area contributed by atoms with Gasteiger partial charge in [0.05, 0.1) is 17.2 Å². The molecule has 138 valence electrons. The standard InChI is InChI=1S/C16H17N3O6S/c1-18(9-12-10-24-14-4-2-3-5-15(14)25-12)13-7-6-11(19(20)21)8-16(13)26(17,22)23/h2-8,12H,9-10H2,1H3,(H2,17,22,23). The zero-order chi connectivity index (χ0) is 18.9. The van der Waals surface area contributed by atoms with Gasteiger partial charge in [-0.3, -0.25) is 10.1 Å². The van der Waals surface area contributed by atoms with Crippen LogP contribution in [0, 0.1) is 10.1 Å². The monoisotopic (exact) mass is 379 g/mol. The quantitative estimate of drug-likeness (QED) is 0.616. The molecule has 0 spiro atoms. The Labute approximate surface area is 150 Å². The van der Waals surface area contributed by atoms with Crippen molar-refractivity contribution < 1.29 is 22.8 Å². The number of benzene rings is 2. The molecule has 0 radical (unpaired) electrons. The van der Waals surface area contributed by atoms with Gasteiger partial charge < -0.3 is 14.4 Å². The van der Waals surface area contributed by atoms with Gasteiger partial charge in [0.15, 0.2) is 17.6 Å². The first kappa shape index (κ1) is 18.0. The van der Waals surface area contributed by atoms with E-state index in [1.54, 1.807) is 24.1 Å². The number of rotatable bonds is 5. The number of likely N-dealkylation sites (N-methyl/N-ethyl adjacent to an activating group) is 1. The molecule has 2 aromatic carbocycles. The summed E-state index contributed by atoms with van der Waals surface area (Å²) in [7, 11) is -2.49. The van der Waals surface area contributed by atoms with Crippen molar-refractivity contribution in [2.45, 2.75) is 11.0 Å². The molecular weight excluding hydrogens is 362 g/mol. The molecule has 2 N–H and O–H groups in total. The van der Waals surface area contributed by atoms with Crippen LogP contribution < -0.4 is 19.5 Å². The Morgan fingerprint density at radius 2 is 1.96 bits per heavy atom. The third kappa shape index (κ3) is 3.70. The number of para-hydroxylation sites is 2. The van der Waals surface area contributed by atoms with E-state index < -0.39 is 14.9 Å². The van der Waals surface area contributed by atoms with Crippen LogP contribution in [0.2, 0.25) is 0 Å². The molecule has 26 heavy (non-hydrogen) atoms. The largest absolute Gasteiger partial charge is 0.486 e. The van der Waals surface area contributed by atoms with E-state index in [0.29, 0.717) is 24.7 Å². The summed E-state index contributed by atoms with van der Waals surface area (Å²) in [6.07, 6.45) is -0.349. The van der Waals surface area contributed by atoms with E-state index in [1.165, 1.54) is 12.1 Å². The fraction of sp³-hybridized carbons (Fsp3) is 0.250. The zero-order valence-electron chi connectivity index (χ0n) is 13.9. The second-order valence-corrected chi connectivity index (χ2v) is 7.36. The SMILES string of the molecule is CN(CC1COc2ccccc2O1)c1ccc([N+](=O)[O-])cc1S(N)(=O)=O. The van der Waals surface area contributed by atoms with Crippen molar-refractivity contribution in [2.75, 3.05) is 25.1 Å². The lowest BCUT2D eigenvalue weighted by Crippen LogP contribution is -2.40. The van der Waals surface area contributed by atoms with Gasteiger partial charge in [-0.2, -0.15) is 0 Å². The molecule has 1 atom stereocenters. The molecular formula is C16H17N3O6S. The summed E-state index contributed by atoms with van der Waals surface area (Å²) >= 11 is 0. The number of nitrogens with zero attached hydrogens (tertiary/aromatic N) is 2. The molecule has 1 aliphatic rings. The molecule has 0 fully saturated rings. The molecule has 3 rings (SSSR count). The van der Waals surface area contributed by atoms with Gasteiger partial charge in [-0.1, -0.05) is 12.1 Å². The van der Waals surface area contributed by atoms with E-state index in [4.69, 9.17) is 14.6 Å². The summed E-state index contributed by atoms with van der Waals surface area (Å²) < 4.78 is 35.2. The molecule has 0 aliphatic carbocycles. The summed E-state index contributed by atoms with van der Waals surface area (Å²) in [6, 6.07) is 10.8. The van der Waals surface area contributed by atoms with Crippen molar-refractivity contribution in [3.05, 3.63) is 52.6 Å². The van der Waals surface area contributed by atoms with Crippen LogP contribution in [-0.2, 0) is 10.0 Å². The van der Waals surface area contributed by atoms with Gasteiger partial charge in [-0.15, -0.1) is 0 Å². The van der Waals surface area contributed by atoms with Crippen LogP contribution in [-0.4, -0.2) is 39.6 Å². The van der Waals surface area contributed by atoms with Crippen molar-refractivity contribution in [2.24, 2.45) is 5.14 Å². The van der Waals surface area contributed by atoms with Crippen LogP contribution in [0.4, 0.5) is 11.4 Å². The van der Waals surface area contributed by atoms with Crippen molar-refractivity contribution in [3.63, 3.8) is 0 Å². The normalized spacial score (nSPS) is 16.2. The molecule has 1 unspecified atom stereocenters. The number of primary sulfonamides is 1. The number of sulfonamides is 1. The van der Waals surface area contributed by atoms with Crippen LogP contribution in [0.5, 0.6) is 11.5 Å². The zero-order valence-corrected chi connectivity index (χ0v) is 14.7. The molecule has 9 nitrogen and oxygen atoms in total. The smallest absolute Gasteiger partial charge is 0.270 e. The van der Waals surface area contributed by atoms with Crippen LogP contribution >= 0.6 is 0 Å². The lowest BCUT2D eigenvalue weighted by molar-refractivity contribution is -0.385. The van der Waals surface area contributed by atoms with Gasteiger partial charge in [0.25, 0.3) is 5.69 Å². The van der Waals surface area contributed by atoms with E-state index in [2.05, 4.69) is 0 Å². The molecule has 0 saturated carbocycles. The molecule has 0 saturated heterocycles. The minimum absolute atomic E-state index is 0.251. The number of hydrogen-bond donors (Lipinski definition) is 1. The first-order valence-electron chi connectivity index (χ1n) is 7.66. The molecule has 2 aromatic rings. The van der Waals surface area contributed by atoms with Gasteiger partial charge in [0.2, 0.25) is 10.0 Å². The number of hydrogen-bond acceptors (Lipinski definition) is 7. The van der Waals surface area contributed by atoms with Crippen LogP contribution in [0.1, 0.15) is 0 Å². The predicted molar refractivity (Wildman–Crippen MR) is 94.1 cm³/mol. The molecule has 0 amide bonds. The highest BCUT2D eigenvalue weighted by atomic mass is 32.2. The third-order valence-corrected chi connectivity index (χ3v) is 4.86. The third-order valence-electron chi connectivity index (χ3n) is 3.92. The maximum absolute atomic E-state index is 11.9. The van der Waals surface area contributed by atoms with Crippen molar-refractivity contribution in [1.82, 2.24) is 0 Å². The Hall–Kier alpha value is -2.85. The number of fused-ring (bicyclic) bond motifs is 1. The minimum atomic E-state index is -4.14. The van der Waals surface area contributed by atoms with Crippen molar-refractivity contribution in [3.8, 4) is 11.5 Å². The minimum Gasteiger partial charge on any atom is -0.486 e.